The summed E-state index contributed by atoms with van der Waals surface area (Å²) in [5, 5.41) is 0.549. The molecule has 1 amide bonds. The Kier molecular flexibility index (Phi) is 3.92. The zero-order valence-electron chi connectivity index (χ0n) is 11.6. The van der Waals surface area contributed by atoms with Gasteiger partial charge in [0.1, 0.15) is 5.56 Å². The number of carbonyl (C=O) groups excluding carboxylic acids is 1. The maximum Gasteiger partial charge on any atom is 0.393 e. The van der Waals surface area contributed by atoms with E-state index in [-0.39, 0.29) is 24.9 Å². The van der Waals surface area contributed by atoms with Gasteiger partial charge in [0.15, 0.2) is 5.16 Å². The van der Waals surface area contributed by atoms with E-state index in [4.69, 9.17) is 0 Å². The van der Waals surface area contributed by atoms with Crippen molar-refractivity contribution < 1.29 is 18.0 Å². The molecular weight excluding hydrogens is 319 g/mol. The number of aromatic nitrogens is 2. The number of carbonyl (C=O) groups is 1. The van der Waals surface area contributed by atoms with Crippen molar-refractivity contribution in [3.05, 3.63) is 22.1 Å². The molecule has 3 rings (SSSR count). The van der Waals surface area contributed by atoms with Crippen LogP contribution in [-0.4, -0.2) is 45.4 Å². The highest BCUT2D eigenvalue weighted by Gasteiger charge is 2.43. The summed E-state index contributed by atoms with van der Waals surface area (Å²) >= 11 is 1.42. The van der Waals surface area contributed by atoms with E-state index in [2.05, 4.69) is 4.98 Å². The molecule has 9 heteroatoms. The molecule has 1 aromatic rings. The fourth-order valence-electron chi connectivity index (χ4n) is 2.76. The first-order valence-electron chi connectivity index (χ1n) is 6.96. The van der Waals surface area contributed by atoms with E-state index in [9.17, 15) is 22.8 Å². The number of nitrogens with zero attached hydrogens (tertiary/aromatic N) is 3. The molecule has 1 aromatic heterocycles. The zero-order valence-corrected chi connectivity index (χ0v) is 12.4. The molecule has 3 heterocycles. The first-order chi connectivity index (χ1) is 10.4. The maximum absolute atomic E-state index is 12.8. The predicted octanol–water partition coefficient (Wildman–Crippen LogP) is 1.76. The van der Waals surface area contributed by atoms with Crippen molar-refractivity contribution >= 4 is 17.7 Å². The quantitative estimate of drug-likeness (QED) is 0.735. The van der Waals surface area contributed by atoms with E-state index in [1.54, 1.807) is 0 Å². The van der Waals surface area contributed by atoms with Crippen LogP contribution in [0.4, 0.5) is 13.2 Å². The van der Waals surface area contributed by atoms with E-state index in [1.165, 1.54) is 22.5 Å². The van der Waals surface area contributed by atoms with Crippen LogP contribution < -0.4 is 5.56 Å². The number of hydrogen-bond donors (Lipinski definition) is 0. The van der Waals surface area contributed by atoms with Crippen LogP contribution in [-0.2, 0) is 6.54 Å². The van der Waals surface area contributed by atoms with Gasteiger partial charge in [-0.05, 0) is 12.8 Å². The van der Waals surface area contributed by atoms with Crippen LogP contribution in [0.5, 0.6) is 0 Å². The number of rotatable bonds is 1. The number of hydrogen-bond acceptors (Lipinski definition) is 4. The van der Waals surface area contributed by atoms with Crippen molar-refractivity contribution in [3.63, 3.8) is 0 Å². The molecule has 0 bridgehead atoms. The Labute approximate surface area is 128 Å². The molecule has 0 saturated carbocycles. The number of piperidine rings is 1. The second-order valence-corrected chi connectivity index (χ2v) is 6.45. The minimum Gasteiger partial charge on any atom is -0.338 e. The fraction of sp³-hybridized carbons (Fsp3) is 0.615. The first kappa shape index (κ1) is 15.4. The monoisotopic (exact) mass is 333 g/mol. The largest absolute Gasteiger partial charge is 0.393 e. The summed E-state index contributed by atoms with van der Waals surface area (Å²) in [6, 6.07) is 0. The third-order valence-electron chi connectivity index (χ3n) is 3.96. The summed E-state index contributed by atoms with van der Waals surface area (Å²) in [5.74, 6) is -1.47. The lowest BCUT2D eigenvalue weighted by Gasteiger charge is -2.33. The summed E-state index contributed by atoms with van der Waals surface area (Å²) in [7, 11) is 0. The Morgan fingerprint density at radius 1 is 1.36 bits per heavy atom. The van der Waals surface area contributed by atoms with Crippen LogP contribution in [0.2, 0.25) is 0 Å². The minimum absolute atomic E-state index is 0.0192. The van der Waals surface area contributed by atoms with Gasteiger partial charge in [-0.1, -0.05) is 11.8 Å². The van der Waals surface area contributed by atoms with Gasteiger partial charge in [-0.25, -0.2) is 4.98 Å². The highest BCUT2D eigenvalue weighted by atomic mass is 32.2. The van der Waals surface area contributed by atoms with E-state index < -0.39 is 30.1 Å². The third-order valence-corrected chi connectivity index (χ3v) is 4.93. The van der Waals surface area contributed by atoms with Gasteiger partial charge in [0.05, 0.1) is 5.92 Å². The molecule has 2 aliphatic rings. The van der Waals surface area contributed by atoms with Gasteiger partial charge >= 0.3 is 6.18 Å². The van der Waals surface area contributed by atoms with Crippen LogP contribution in [0.1, 0.15) is 23.2 Å². The molecule has 0 spiro atoms. The first-order valence-corrected chi connectivity index (χ1v) is 7.95. The van der Waals surface area contributed by atoms with Crippen molar-refractivity contribution in [2.75, 3.05) is 18.8 Å². The number of fused-ring (bicyclic) bond motifs is 1. The Balaban J connectivity index is 1.84. The molecule has 5 nitrogen and oxygen atoms in total. The molecule has 0 aliphatic carbocycles. The Hall–Kier alpha value is -1.51. The summed E-state index contributed by atoms with van der Waals surface area (Å²) in [5.41, 5.74) is -0.608. The van der Waals surface area contributed by atoms with Gasteiger partial charge in [0.25, 0.3) is 11.5 Å². The van der Waals surface area contributed by atoms with Crippen LogP contribution in [0, 0.1) is 5.92 Å². The lowest BCUT2D eigenvalue weighted by Crippen LogP contribution is -2.46. The molecule has 0 aromatic carbocycles. The molecular formula is C13H14F3N3O2S. The molecule has 120 valence electrons. The third kappa shape index (κ3) is 2.73. The van der Waals surface area contributed by atoms with Crippen molar-refractivity contribution in [1.29, 1.82) is 0 Å². The second-order valence-electron chi connectivity index (χ2n) is 5.39. The lowest BCUT2D eigenvalue weighted by molar-refractivity contribution is -0.184. The normalized spacial score (nSPS) is 21.8. The molecule has 0 N–H and O–H groups in total. The van der Waals surface area contributed by atoms with Gasteiger partial charge in [0.2, 0.25) is 0 Å². The van der Waals surface area contributed by atoms with Gasteiger partial charge < -0.3 is 4.90 Å². The molecule has 1 fully saturated rings. The molecule has 1 saturated heterocycles. The molecule has 22 heavy (non-hydrogen) atoms. The van der Waals surface area contributed by atoms with Gasteiger partial charge in [-0.3, -0.25) is 14.2 Å². The van der Waals surface area contributed by atoms with Crippen molar-refractivity contribution in [2.24, 2.45) is 5.92 Å². The number of likely N-dealkylation sites (tertiary alicyclic amines) is 1. The van der Waals surface area contributed by atoms with Crippen molar-refractivity contribution in [3.8, 4) is 0 Å². The van der Waals surface area contributed by atoms with Crippen molar-refractivity contribution in [2.45, 2.75) is 30.7 Å². The van der Waals surface area contributed by atoms with Crippen LogP contribution in [0.25, 0.3) is 0 Å². The highest BCUT2D eigenvalue weighted by Crippen LogP contribution is 2.33. The lowest BCUT2D eigenvalue weighted by atomic mass is 9.97. The number of halogens is 3. The van der Waals surface area contributed by atoms with Crippen LogP contribution in [0.3, 0.4) is 0 Å². The minimum atomic E-state index is -4.32. The number of alkyl halides is 3. The zero-order chi connectivity index (χ0) is 15.9. The van der Waals surface area contributed by atoms with Gasteiger partial charge in [-0.2, -0.15) is 13.2 Å². The van der Waals surface area contributed by atoms with E-state index in [1.807, 2.05) is 0 Å². The highest BCUT2D eigenvalue weighted by molar-refractivity contribution is 7.99. The van der Waals surface area contributed by atoms with Gasteiger partial charge in [-0.15, -0.1) is 0 Å². The summed E-state index contributed by atoms with van der Waals surface area (Å²) in [4.78, 5) is 29.8. The van der Waals surface area contributed by atoms with Crippen LogP contribution >= 0.6 is 11.8 Å². The van der Waals surface area contributed by atoms with Crippen molar-refractivity contribution in [1.82, 2.24) is 14.5 Å². The molecule has 0 radical (unpaired) electrons. The molecule has 1 atom stereocenters. The summed E-state index contributed by atoms with van der Waals surface area (Å²) < 4.78 is 39.9. The van der Waals surface area contributed by atoms with E-state index >= 15 is 0 Å². The number of thioether (sulfide) groups is 1. The SMILES string of the molecule is O=C(c1cnc2n(c1=O)CCS2)N1CCCC(C(F)(F)F)C1. The summed E-state index contributed by atoms with van der Waals surface area (Å²) in [6.07, 6.45) is -2.83. The maximum atomic E-state index is 12.8. The molecule has 2 aliphatic heterocycles. The predicted molar refractivity (Wildman–Crippen MR) is 73.9 cm³/mol. The van der Waals surface area contributed by atoms with Crippen LogP contribution in [0.15, 0.2) is 16.1 Å². The Morgan fingerprint density at radius 2 is 2.14 bits per heavy atom. The topological polar surface area (TPSA) is 55.2 Å². The average molecular weight is 333 g/mol. The number of amides is 1. The second kappa shape index (κ2) is 5.60. The average Bonchev–Trinajstić information content (AvgIpc) is 2.96. The Morgan fingerprint density at radius 3 is 2.86 bits per heavy atom. The van der Waals surface area contributed by atoms with Gasteiger partial charge in [0, 0.05) is 31.6 Å². The Bertz CT molecular complexity index is 659. The molecule has 1 unspecified atom stereocenters. The fourth-order valence-corrected chi connectivity index (χ4v) is 3.68. The van der Waals surface area contributed by atoms with E-state index in [0.29, 0.717) is 17.5 Å². The smallest absolute Gasteiger partial charge is 0.338 e. The summed E-state index contributed by atoms with van der Waals surface area (Å²) in [6.45, 7) is 0.317. The van der Waals surface area contributed by atoms with E-state index in [0.717, 1.165) is 4.90 Å². The standard InChI is InChI=1S/C13H14F3N3O2S/c14-13(15,16)8-2-1-3-18(7-8)10(20)9-6-17-12-19(11(9)21)4-5-22-12/h6,8H,1-5,7H2.